The van der Waals surface area contributed by atoms with Crippen LogP contribution in [0.3, 0.4) is 0 Å². The molecule has 0 saturated heterocycles. The summed E-state index contributed by atoms with van der Waals surface area (Å²) in [6, 6.07) is -0.406. The van der Waals surface area contributed by atoms with Gasteiger partial charge in [0.2, 0.25) is 11.9 Å². The Hall–Kier alpha value is -1.36. The zero-order chi connectivity index (χ0) is 11.2. The Bertz CT molecular complexity index is 410. The van der Waals surface area contributed by atoms with E-state index in [2.05, 4.69) is 9.55 Å². The van der Waals surface area contributed by atoms with Crippen LogP contribution in [0, 0.1) is 13.8 Å². The van der Waals surface area contributed by atoms with E-state index in [1.165, 1.54) is 0 Å². The van der Waals surface area contributed by atoms with E-state index in [0.717, 1.165) is 17.9 Å². The summed E-state index contributed by atoms with van der Waals surface area (Å²) in [7, 11) is 1.73. The van der Waals surface area contributed by atoms with E-state index < -0.39 is 6.04 Å². The fourth-order valence-electron chi connectivity index (χ4n) is 1.90. The number of rotatable bonds is 0. The standard InChI is InChI=1S/C10H16N4O/c1-6-7(2)14-5-4-8(11)9(15)13(3)10(14)12-6/h8H,4-5,11H2,1-3H3. The maximum Gasteiger partial charge on any atom is 0.246 e. The first-order chi connectivity index (χ1) is 7.02. The molecule has 15 heavy (non-hydrogen) atoms. The van der Waals surface area contributed by atoms with Crippen molar-refractivity contribution in [2.24, 2.45) is 5.73 Å². The second-order valence-corrected chi connectivity index (χ2v) is 4.03. The van der Waals surface area contributed by atoms with Crippen molar-refractivity contribution in [2.45, 2.75) is 32.9 Å². The first-order valence-corrected chi connectivity index (χ1v) is 5.09. The van der Waals surface area contributed by atoms with Gasteiger partial charge in [0.1, 0.15) is 0 Å². The highest BCUT2D eigenvalue weighted by Gasteiger charge is 2.27. The van der Waals surface area contributed by atoms with E-state index in [-0.39, 0.29) is 5.91 Å². The first kappa shape index (κ1) is 10.2. The van der Waals surface area contributed by atoms with Gasteiger partial charge in [-0.1, -0.05) is 0 Å². The molecule has 1 aromatic heterocycles. The Morgan fingerprint density at radius 3 is 2.80 bits per heavy atom. The molecule has 1 unspecified atom stereocenters. The third-order valence-corrected chi connectivity index (χ3v) is 3.05. The molecular weight excluding hydrogens is 192 g/mol. The predicted octanol–water partition coefficient (Wildman–Crippen LogP) is 0.194. The van der Waals surface area contributed by atoms with Crippen LogP contribution in [0.15, 0.2) is 0 Å². The van der Waals surface area contributed by atoms with Gasteiger partial charge in [-0.3, -0.25) is 9.69 Å². The number of nitrogens with zero attached hydrogens (tertiary/aromatic N) is 3. The van der Waals surface area contributed by atoms with Crippen LogP contribution < -0.4 is 10.6 Å². The average molecular weight is 208 g/mol. The first-order valence-electron chi connectivity index (χ1n) is 5.09. The monoisotopic (exact) mass is 208 g/mol. The van der Waals surface area contributed by atoms with E-state index in [1.54, 1.807) is 11.9 Å². The average Bonchev–Trinajstić information content (AvgIpc) is 2.45. The Labute approximate surface area is 88.9 Å². The van der Waals surface area contributed by atoms with Crippen LogP contribution >= 0.6 is 0 Å². The van der Waals surface area contributed by atoms with Gasteiger partial charge in [-0.05, 0) is 20.3 Å². The minimum atomic E-state index is -0.406. The summed E-state index contributed by atoms with van der Waals surface area (Å²) in [5.41, 5.74) is 7.85. The molecule has 2 heterocycles. The van der Waals surface area contributed by atoms with Crippen molar-refractivity contribution >= 4 is 11.9 Å². The molecule has 0 aromatic carbocycles. The lowest BCUT2D eigenvalue weighted by Crippen LogP contribution is -2.40. The van der Waals surface area contributed by atoms with E-state index in [9.17, 15) is 4.79 Å². The fraction of sp³-hybridized carbons (Fsp3) is 0.600. The molecule has 0 radical (unpaired) electrons. The van der Waals surface area contributed by atoms with Gasteiger partial charge >= 0.3 is 0 Å². The number of hydrogen-bond acceptors (Lipinski definition) is 3. The number of hydrogen-bond donors (Lipinski definition) is 1. The minimum absolute atomic E-state index is 0.0567. The van der Waals surface area contributed by atoms with Gasteiger partial charge in [0.15, 0.2) is 0 Å². The summed E-state index contributed by atoms with van der Waals surface area (Å²) in [5.74, 6) is 0.654. The summed E-state index contributed by atoms with van der Waals surface area (Å²) in [6.45, 7) is 4.73. The van der Waals surface area contributed by atoms with Crippen LogP contribution in [0.1, 0.15) is 17.8 Å². The van der Waals surface area contributed by atoms with Gasteiger partial charge in [0.25, 0.3) is 0 Å². The third kappa shape index (κ3) is 1.43. The van der Waals surface area contributed by atoms with Crippen LogP contribution in [0.5, 0.6) is 0 Å². The van der Waals surface area contributed by atoms with Crippen LogP contribution in [0.4, 0.5) is 5.95 Å². The molecule has 1 atom stereocenters. The van der Waals surface area contributed by atoms with Crippen molar-refractivity contribution < 1.29 is 4.79 Å². The second-order valence-electron chi connectivity index (χ2n) is 4.03. The lowest BCUT2D eigenvalue weighted by Gasteiger charge is -2.15. The number of aryl methyl sites for hydroxylation is 1. The molecule has 0 saturated carbocycles. The molecule has 0 fully saturated rings. The normalized spacial score (nSPS) is 21.5. The second kappa shape index (κ2) is 3.34. The highest BCUT2D eigenvalue weighted by atomic mass is 16.2. The number of amides is 1. The molecule has 1 amide bonds. The Morgan fingerprint density at radius 2 is 2.13 bits per heavy atom. The number of imidazole rings is 1. The predicted molar refractivity (Wildman–Crippen MR) is 57.7 cm³/mol. The highest BCUT2D eigenvalue weighted by Crippen LogP contribution is 2.22. The molecule has 0 spiro atoms. The van der Waals surface area contributed by atoms with E-state index in [4.69, 9.17) is 5.73 Å². The maximum atomic E-state index is 11.8. The van der Waals surface area contributed by atoms with Gasteiger partial charge in [0.05, 0.1) is 11.7 Å². The number of aromatic nitrogens is 2. The molecule has 1 aliphatic rings. The van der Waals surface area contributed by atoms with Crippen molar-refractivity contribution in [1.82, 2.24) is 9.55 Å². The van der Waals surface area contributed by atoms with E-state index in [0.29, 0.717) is 12.4 Å². The lowest BCUT2D eigenvalue weighted by molar-refractivity contribution is -0.119. The SMILES string of the molecule is Cc1nc2n(c1C)CCC(N)C(=O)N2C. The molecule has 1 aliphatic heterocycles. The number of carbonyl (C=O) groups is 1. The molecule has 2 rings (SSSR count). The Kier molecular flexibility index (Phi) is 2.26. The molecule has 5 nitrogen and oxygen atoms in total. The lowest BCUT2D eigenvalue weighted by atomic mass is 10.2. The molecular formula is C10H16N4O. The van der Waals surface area contributed by atoms with Crippen molar-refractivity contribution in [3.05, 3.63) is 11.4 Å². The summed E-state index contributed by atoms with van der Waals surface area (Å²) >= 11 is 0. The van der Waals surface area contributed by atoms with E-state index in [1.807, 2.05) is 13.8 Å². The van der Waals surface area contributed by atoms with Crippen LogP contribution in [-0.2, 0) is 11.3 Å². The van der Waals surface area contributed by atoms with Crippen molar-refractivity contribution in [1.29, 1.82) is 0 Å². The molecule has 1 aromatic rings. The summed E-state index contributed by atoms with van der Waals surface area (Å²) in [4.78, 5) is 17.7. The van der Waals surface area contributed by atoms with Crippen molar-refractivity contribution in [2.75, 3.05) is 11.9 Å². The number of carbonyl (C=O) groups excluding carboxylic acids is 1. The largest absolute Gasteiger partial charge is 0.320 e. The Morgan fingerprint density at radius 1 is 1.47 bits per heavy atom. The topological polar surface area (TPSA) is 64.2 Å². The number of fused-ring (bicyclic) bond motifs is 1. The fourth-order valence-corrected chi connectivity index (χ4v) is 1.90. The van der Waals surface area contributed by atoms with E-state index >= 15 is 0 Å². The van der Waals surface area contributed by atoms with Crippen molar-refractivity contribution in [3.63, 3.8) is 0 Å². The zero-order valence-corrected chi connectivity index (χ0v) is 9.32. The zero-order valence-electron chi connectivity index (χ0n) is 9.32. The molecule has 0 bridgehead atoms. The number of nitrogens with two attached hydrogens (primary N) is 1. The van der Waals surface area contributed by atoms with Gasteiger partial charge < -0.3 is 10.3 Å². The van der Waals surface area contributed by atoms with Crippen molar-refractivity contribution in [3.8, 4) is 0 Å². The van der Waals surface area contributed by atoms with Gasteiger partial charge in [0, 0.05) is 19.3 Å². The van der Waals surface area contributed by atoms with Crippen LogP contribution in [0.25, 0.3) is 0 Å². The maximum absolute atomic E-state index is 11.8. The Balaban J connectivity index is 2.51. The van der Waals surface area contributed by atoms with Gasteiger partial charge in [-0.15, -0.1) is 0 Å². The molecule has 0 aliphatic carbocycles. The van der Waals surface area contributed by atoms with Crippen LogP contribution in [-0.4, -0.2) is 28.5 Å². The molecule has 5 heteroatoms. The minimum Gasteiger partial charge on any atom is -0.320 e. The number of anilines is 1. The number of likely N-dealkylation sites (N-methyl/N-ethyl adjacent to an activating group) is 1. The quantitative estimate of drug-likeness (QED) is 0.662. The molecule has 2 N–H and O–H groups in total. The smallest absolute Gasteiger partial charge is 0.246 e. The molecule has 82 valence electrons. The highest BCUT2D eigenvalue weighted by molar-refractivity contribution is 5.95. The summed E-state index contributed by atoms with van der Waals surface area (Å²) in [6.07, 6.45) is 0.673. The van der Waals surface area contributed by atoms with Gasteiger partial charge in [-0.25, -0.2) is 4.98 Å². The van der Waals surface area contributed by atoms with Gasteiger partial charge in [-0.2, -0.15) is 0 Å². The third-order valence-electron chi connectivity index (χ3n) is 3.05. The summed E-state index contributed by atoms with van der Waals surface area (Å²) in [5, 5.41) is 0. The van der Waals surface area contributed by atoms with Crippen LogP contribution in [0.2, 0.25) is 0 Å². The summed E-state index contributed by atoms with van der Waals surface area (Å²) < 4.78 is 2.06.